The van der Waals surface area contributed by atoms with Gasteiger partial charge in [0.1, 0.15) is 0 Å². The maximum atomic E-state index is 11.5. The minimum Gasteiger partial charge on any atom is -0.306 e. The van der Waals surface area contributed by atoms with E-state index in [-0.39, 0.29) is 5.69 Å². The molecule has 1 aliphatic rings. The second-order valence-corrected chi connectivity index (χ2v) is 4.69. The molecule has 2 aromatic rings. The number of azo groups is 1. The van der Waals surface area contributed by atoms with Crippen molar-refractivity contribution in [3.63, 3.8) is 0 Å². The number of aryl methyl sites for hydroxylation is 1. The summed E-state index contributed by atoms with van der Waals surface area (Å²) in [6.07, 6.45) is 0. The van der Waals surface area contributed by atoms with Gasteiger partial charge in [-0.25, -0.2) is 9.59 Å². The number of aromatic nitrogens is 2. The summed E-state index contributed by atoms with van der Waals surface area (Å²) < 4.78 is 0. The zero-order chi connectivity index (χ0) is 15.9. The molecule has 22 heavy (non-hydrogen) atoms. The minimum absolute atomic E-state index is 0.354. The Morgan fingerprint density at radius 1 is 0.955 bits per heavy atom. The number of imidazole rings is 1. The summed E-state index contributed by atoms with van der Waals surface area (Å²) >= 11 is 0. The minimum atomic E-state index is -1.43. The molecule has 1 fully saturated rings. The van der Waals surface area contributed by atoms with Crippen LogP contribution in [0, 0.1) is 6.92 Å². The smallest absolute Gasteiger partial charge is 0.306 e. The molecule has 1 aromatic carbocycles. The number of hydrogen-bond acceptors (Lipinski definition) is 6. The Morgan fingerprint density at radius 2 is 1.55 bits per heavy atom. The number of H-pyrrole nitrogens is 2. The number of fused-ring (bicyclic) bond motifs is 1. The molecule has 4 N–H and O–H groups in total. The molecule has 4 amide bonds. The van der Waals surface area contributed by atoms with Crippen LogP contribution in [-0.2, 0) is 9.59 Å². The van der Waals surface area contributed by atoms with E-state index in [9.17, 15) is 19.2 Å². The van der Waals surface area contributed by atoms with E-state index in [0.29, 0.717) is 22.3 Å². The summed E-state index contributed by atoms with van der Waals surface area (Å²) in [5.74, 6) is -1.68. The average Bonchev–Trinajstić information content (AvgIpc) is 2.76. The maximum absolute atomic E-state index is 11.5. The lowest BCUT2D eigenvalue weighted by Gasteiger charge is -2.16. The van der Waals surface area contributed by atoms with Gasteiger partial charge in [-0.2, -0.15) is 10.2 Å². The van der Waals surface area contributed by atoms with Crippen LogP contribution in [0.1, 0.15) is 5.56 Å². The lowest BCUT2D eigenvalue weighted by atomic mass is 10.2. The Labute approximate surface area is 122 Å². The molecule has 1 aromatic heterocycles. The first-order valence-electron chi connectivity index (χ1n) is 6.23. The predicted octanol–water partition coefficient (Wildman–Crippen LogP) is -0.0171. The van der Waals surface area contributed by atoms with Gasteiger partial charge in [-0.15, -0.1) is 0 Å². The Balaban J connectivity index is 1.93. The van der Waals surface area contributed by atoms with Crippen LogP contribution in [-0.4, -0.2) is 33.9 Å². The molecule has 0 radical (unpaired) electrons. The molecular weight excluding hydrogens is 292 g/mol. The van der Waals surface area contributed by atoms with Gasteiger partial charge in [-0.1, -0.05) is 0 Å². The van der Waals surface area contributed by atoms with Gasteiger partial charge in [0, 0.05) is 0 Å². The molecule has 0 saturated carbocycles. The summed E-state index contributed by atoms with van der Waals surface area (Å²) in [5.41, 5.74) is 1.87. The number of carbonyl (C=O) groups is 3. The molecule has 10 nitrogen and oxygen atoms in total. The third-order valence-corrected chi connectivity index (χ3v) is 3.08. The molecule has 1 aliphatic heterocycles. The standard InChI is InChI=1S/C12H10N6O4/c1-4-2-6-7(14-11(21)13-6)3-5(4)17-18-8-9(19)15-12(22)16-10(8)20/h2-3,8H,1H3,(H2,13,14,21)(H2,15,16,19,20,22). The Morgan fingerprint density at radius 3 is 2.18 bits per heavy atom. The summed E-state index contributed by atoms with van der Waals surface area (Å²) in [5, 5.41) is 11.4. The Bertz CT molecular complexity index is 873. The molecule has 0 unspecified atom stereocenters. The van der Waals surface area contributed by atoms with Crippen molar-refractivity contribution in [1.82, 2.24) is 20.6 Å². The Kier molecular flexibility index (Phi) is 3.05. The van der Waals surface area contributed by atoms with Gasteiger partial charge in [0.25, 0.3) is 11.8 Å². The van der Waals surface area contributed by atoms with Gasteiger partial charge >= 0.3 is 11.7 Å². The fourth-order valence-corrected chi connectivity index (χ4v) is 2.02. The molecule has 0 atom stereocenters. The van der Waals surface area contributed by atoms with Crippen molar-refractivity contribution in [2.24, 2.45) is 10.2 Å². The first-order valence-corrected chi connectivity index (χ1v) is 6.23. The molecule has 0 spiro atoms. The number of rotatable bonds is 2. The topological polar surface area (TPSA) is 149 Å². The van der Waals surface area contributed by atoms with Crippen LogP contribution in [0.15, 0.2) is 27.2 Å². The van der Waals surface area contributed by atoms with Crippen molar-refractivity contribution < 1.29 is 14.4 Å². The summed E-state index contributed by atoms with van der Waals surface area (Å²) in [6, 6.07) is 0.934. The van der Waals surface area contributed by atoms with Crippen LogP contribution >= 0.6 is 0 Å². The molecule has 3 rings (SSSR count). The number of carbonyl (C=O) groups excluding carboxylic acids is 3. The van der Waals surface area contributed by atoms with E-state index >= 15 is 0 Å². The van der Waals surface area contributed by atoms with Crippen molar-refractivity contribution in [1.29, 1.82) is 0 Å². The number of amides is 4. The normalized spacial score (nSPS) is 16.3. The van der Waals surface area contributed by atoms with Crippen LogP contribution < -0.4 is 16.3 Å². The fourth-order valence-electron chi connectivity index (χ4n) is 2.02. The third kappa shape index (κ3) is 2.37. The zero-order valence-corrected chi connectivity index (χ0v) is 11.3. The molecule has 0 bridgehead atoms. The van der Waals surface area contributed by atoms with E-state index in [2.05, 4.69) is 20.2 Å². The number of barbiturate groups is 1. The van der Waals surface area contributed by atoms with Gasteiger partial charge in [-0.05, 0) is 24.6 Å². The third-order valence-electron chi connectivity index (χ3n) is 3.08. The largest absolute Gasteiger partial charge is 0.328 e. The number of urea groups is 1. The highest BCUT2D eigenvalue weighted by molar-refractivity contribution is 6.18. The van der Waals surface area contributed by atoms with Crippen molar-refractivity contribution in [2.45, 2.75) is 13.0 Å². The molecule has 2 heterocycles. The van der Waals surface area contributed by atoms with Gasteiger partial charge in [0.15, 0.2) is 0 Å². The lowest BCUT2D eigenvalue weighted by Crippen LogP contribution is -2.57. The number of hydrogen-bond donors (Lipinski definition) is 4. The molecule has 10 heteroatoms. The predicted molar refractivity (Wildman–Crippen MR) is 73.6 cm³/mol. The van der Waals surface area contributed by atoms with E-state index in [1.165, 1.54) is 0 Å². The van der Waals surface area contributed by atoms with E-state index in [4.69, 9.17) is 0 Å². The summed E-state index contributed by atoms with van der Waals surface area (Å²) in [4.78, 5) is 50.4. The summed E-state index contributed by atoms with van der Waals surface area (Å²) in [7, 11) is 0. The highest BCUT2D eigenvalue weighted by atomic mass is 16.2. The number of nitrogens with one attached hydrogen (secondary N) is 4. The van der Waals surface area contributed by atoms with Crippen LogP contribution in [0.2, 0.25) is 0 Å². The number of benzene rings is 1. The lowest BCUT2D eigenvalue weighted by molar-refractivity contribution is -0.131. The quantitative estimate of drug-likeness (QED) is 0.455. The average molecular weight is 302 g/mol. The monoisotopic (exact) mass is 302 g/mol. The van der Waals surface area contributed by atoms with Crippen LogP contribution in [0.25, 0.3) is 11.0 Å². The van der Waals surface area contributed by atoms with E-state index in [0.717, 1.165) is 0 Å². The van der Waals surface area contributed by atoms with Crippen molar-refractivity contribution in [3.05, 3.63) is 28.2 Å². The van der Waals surface area contributed by atoms with Gasteiger partial charge in [0.2, 0.25) is 6.04 Å². The number of imide groups is 2. The van der Waals surface area contributed by atoms with Crippen LogP contribution in [0.4, 0.5) is 10.5 Å². The fraction of sp³-hybridized carbons (Fsp3) is 0.167. The van der Waals surface area contributed by atoms with Gasteiger partial charge < -0.3 is 9.97 Å². The summed E-state index contributed by atoms with van der Waals surface area (Å²) in [6.45, 7) is 1.74. The molecular formula is C12H10N6O4. The van der Waals surface area contributed by atoms with Gasteiger partial charge in [-0.3, -0.25) is 20.2 Å². The second-order valence-electron chi connectivity index (χ2n) is 4.69. The molecule has 112 valence electrons. The molecule has 0 aliphatic carbocycles. The highest BCUT2D eigenvalue weighted by Crippen LogP contribution is 2.23. The Hall–Kier alpha value is -3.30. The number of nitrogens with zero attached hydrogens (tertiary/aromatic N) is 2. The van der Waals surface area contributed by atoms with Crippen LogP contribution in [0.3, 0.4) is 0 Å². The van der Waals surface area contributed by atoms with E-state index in [1.807, 2.05) is 10.6 Å². The van der Waals surface area contributed by atoms with Gasteiger partial charge in [0.05, 0.1) is 16.7 Å². The molecule has 1 saturated heterocycles. The SMILES string of the molecule is Cc1cc2[nH]c(=O)[nH]c2cc1N=NC1C(=O)NC(=O)NC1=O. The second kappa shape index (κ2) is 4.91. The van der Waals surface area contributed by atoms with Crippen molar-refractivity contribution in [2.75, 3.05) is 0 Å². The first-order chi connectivity index (χ1) is 10.4. The zero-order valence-electron chi connectivity index (χ0n) is 11.3. The maximum Gasteiger partial charge on any atom is 0.328 e. The van der Waals surface area contributed by atoms with Crippen LogP contribution in [0.5, 0.6) is 0 Å². The van der Waals surface area contributed by atoms with E-state index < -0.39 is 23.9 Å². The van der Waals surface area contributed by atoms with Crippen molar-refractivity contribution in [3.8, 4) is 0 Å². The first kappa shape index (κ1) is 13.7. The number of aromatic amines is 2. The highest BCUT2D eigenvalue weighted by Gasteiger charge is 2.34. The van der Waals surface area contributed by atoms with E-state index in [1.54, 1.807) is 19.1 Å². The van der Waals surface area contributed by atoms with Crippen molar-refractivity contribution >= 4 is 34.6 Å².